The van der Waals surface area contributed by atoms with E-state index < -0.39 is 18.3 Å². The van der Waals surface area contributed by atoms with Gasteiger partial charge in [0.25, 0.3) is 0 Å². The summed E-state index contributed by atoms with van der Waals surface area (Å²) in [7, 11) is -0.438. The Morgan fingerprint density at radius 2 is 1.29 bits per heavy atom. The molecule has 4 aromatic carbocycles. The summed E-state index contributed by atoms with van der Waals surface area (Å²) >= 11 is 1.73. The van der Waals surface area contributed by atoms with Gasteiger partial charge in [0, 0.05) is 26.4 Å². The minimum atomic E-state index is -0.438. The summed E-state index contributed by atoms with van der Waals surface area (Å²) in [5.74, 6) is 0.662. The van der Waals surface area contributed by atoms with E-state index in [2.05, 4.69) is 123 Å². The molecule has 1 fully saturated rings. The Bertz CT molecular complexity index is 2060. The van der Waals surface area contributed by atoms with Crippen molar-refractivity contribution in [1.82, 2.24) is 14.5 Å². The number of aromatic nitrogens is 3. The Labute approximate surface area is 242 Å². The molecular weight excluding hydrogens is 525 g/mol. The van der Waals surface area contributed by atoms with Gasteiger partial charge in [-0.1, -0.05) is 78.9 Å². The largest absolute Gasteiger partial charge is 0.494 e. The zero-order chi connectivity index (χ0) is 27.9. The lowest BCUT2D eigenvalue weighted by atomic mass is 9.78. The number of nitrogens with zero attached hydrogens (tertiary/aromatic N) is 3. The highest BCUT2D eigenvalue weighted by molar-refractivity contribution is 7.26. The van der Waals surface area contributed by atoms with Crippen LogP contribution in [-0.2, 0) is 9.31 Å². The quantitative estimate of drug-likeness (QED) is 0.209. The van der Waals surface area contributed by atoms with Crippen LogP contribution in [0.5, 0.6) is 0 Å². The van der Waals surface area contributed by atoms with E-state index in [1.54, 1.807) is 11.3 Å². The molecular formula is C34H28BN3O2S. The maximum atomic E-state index is 6.40. The van der Waals surface area contributed by atoms with Gasteiger partial charge in [-0.2, -0.15) is 0 Å². The molecule has 5 nitrogen and oxygen atoms in total. The van der Waals surface area contributed by atoms with Crippen molar-refractivity contribution in [3.63, 3.8) is 0 Å². The van der Waals surface area contributed by atoms with Gasteiger partial charge in [0.1, 0.15) is 0 Å². The third kappa shape index (κ3) is 3.70. The maximum absolute atomic E-state index is 6.40. The lowest BCUT2D eigenvalue weighted by molar-refractivity contribution is 0.00578. The third-order valence-electron chi connectivity index (χ3n) is 8.68. The summed E-state index contributed by atoms with van der Waals surface area (Å²) in [5, 5.41) is 3.45. The molecule has 1 aliphatic heterocycles. The van der Waals surface area contributed by atoms with E-state index >= 15 is 0 Å². The molecule has 7 aromatic rings. The Kier molecular flexibility index (Phi) is 5.27. The van der Waals surface area contributed by atoms with Gasteiger partial charge in [-0.25, -0.2) is 9.97 Å². The highest BCUT2D eigenvalue weighted by atomic mass is 32.1. The molecule has 1 saturated heterocycles. The molecule has 0 bridgehead atoms. The van der Waals surface area contributed by atoms with Crippen LogP contribution in [0.3, 0.4) is 0 Å². The third-order valence-corrected chi connectivity index (χ3v) is 9.84. The van der Waals surface area contributed by atoms with Crippen LogP contribution >= 0.6 is 11.3 Å². The van der Waals surface area contributed by atoms with E-state index in [-0.39, 0.29) is 0 Å². The summed E-state index contributed by atoms with van der Waals surface area (Å²) in [6.07, 6.45) is 0. The first kappa shape index (κ1) is 24.7. The Hall–Kier alpha value is -4.04. The first-order valence-electron chi connectivity index (χ1n) is 13.9. The molecule has 0 radical (unpaired) electrons. The van der Waals surface area contributed by atoms with E-state index in [1.165, 1.54) is 10.8 Å². The van der Waals surface area contributed by atoms with E-state index in [0.29, 0.717) is 5.95 Å². The van der Waals surface area contributed by atoms with Crippen molar-refractivity contribution in [2.45, 2.75) is 38.9 Å². The fourth-order valence-corrected chi connectivity index (χ4v) is 6.94. The molecule has 0 spiro atoms. The van der Waals surface area contributed by atoms with Gasteiger partial charge in [0.2, 0.25) is 5.95 Å². The molecule has 7 heteroatoms. The summed E-state index contributed by atoms with van der Waals surface area (Å²) in [6.45, 7) is 8.34. The summed E-state index contributed by atoms with van der Waals surface area (Å²) in [5.41, 5.74) is 5.30. The normalized spacial score (nSPS) is 16.4. The van der Waals surface area contributed by atoms with Crippen molar-refractivity contribution >= 4 is 66.0 Å². The Morgan fingerprint density at radius 3 is 1.95 bits per heavy atom. The van der Waals surface area contributed by atoms with Crippen LogP contribution in [0.4, 0.5) is 0 Å². The van der Waals surface area contributed by atoms with Crippen LogP contribution in [-0.4, -0.2) is 32.9 Å². The van der Waals surface area contributed by atoms with Crippen molar-refractivity contribution < 1.29 is 9.31 Å². The predicted octanol–water partition coefficient (Wildman–Crippen LogP) is 7.91. The van der Waals surface area contributed by atoms with Gasteiger partial charge >= 0.3 is 7.12 Å². The predicted molar refractivity (Wildman–Crippen MR) is 170 cm³/mol. The number of thiophene rings is 1. The van der Waals surface area contributed by atoms with E-state index in [0.717, 1.165) is 48.1 Å². The van der Waals surface area contributed by atoms with E-state index in [4.69, 9.17) is 19.3 Å². The van der Waals surface area contributed by atoms with E-state index in [1.807, 2.05) is 6.07 Å². The molecule has 200 valence electrons. The van der Waals surface area contributed by atoms with Crippen molar-refractivity contribution in [1.29, 1.82) is 0 Å². The van der Waals surface area contributed by atoms with Crippen molar-refractivity contribution in [3.8, 4) is 17.2 Å². The van der Waals surface area contributed by atoms with Gasteiger partial charge < -0.3 is 9.31 Å². The number of benzene rings is 4. The summed E-state index contributed by atoms with van der Waals surface area (Å²) < 4.78 is 17.2. The standard InChI is InChI=1S/C34H28BN3O2S/c1-33(2)34(3,4)40-35(39-33)22-18-19-28-25(20-22)30-31(41-28)29(21-12-6-5-7-13-21)36-32(37-30)38-26-16-10-8-14-23(26)24-15-9-11-17-27(24)38/h5-20H,1-4H3. The van der Waals surface area contributed by atoms with Gasteiger partial charge in [-0.3, -0.25) is 4.57 Å². The maximum Gasteiger partial charge on any atom is 0.494 e. The topological polar surface area (TPSA) is 49.2 Å². The van der Waals surface area contributed by atoms with Crippen molar-refractivity contribution in [3.05, 3.63) is 97.1 Å². The van der Waals surface area contributed by atoms with Crippen LogP contribution in [0.2, 0.25) is 0 Å². The first-order chi connectivity index (χ1) is 19.8. The number of hydrogen-bond acceptors (Lipinski definition) is 5. The minimum Gasteiger partial charge on any atom is -0.399 e. The fourth-order valence-electron chi connectivity index (χ4n) is 5.80. The molecule has 0 saturated carbocycles. The number of fused-ring (bicyclic) bond motifs is 6. The second-order valence-corrected chi connectivity index (χ2v) is 12.8. The lowest BCUT2D eigenvalue weighted by Crippen LogP contribution is -2.41. The number of hydrogen-bond donors (Lipinski definition) is 0. The van der Waals surface area contributed by atoms with Crippen LogP contribution in [0.25, 0.3) is 59.3 Å². The minimum absolute atomic E-state index is 0.407. The molecule has 4 heterocycles. The lowest BCUT2D eigenvalue weighted by Gasteiger charge is -2.32. The van der Waals surface area contributed by atoms with Crippen LogP contribution in [0.1, 0.15) is 27.7 Å². The Balaban J connectivity index is 1.42. The van der Waals surface area contributed by atoms with Gasteiger partial charge in [-0.15, -0.1) is 11.3 Å². The molecule has 3 aromatic heterocycles. The zero-order valence-corrected chi connectivity index (χ0v) is 24.2. The van der Waals surface area contributed by atoms with Gasteiger partial charge in [-0.05, 0) is 51.4 Å². The Morgan fingerprint density at radius 1 is 0.683 bits per heavy atom. The second kappa shape index (κ2) is 8.73. The van der Waals surface area contributed by atoms with Crippen molar-refractivity contribution in [2.75, 3.05) is 0 Å². The highest BCUT2D eigenvalue weighted by Crippen LogP contribution is 2.41. The molecule has 8 rings (SSSR count). The summed E-state index contributed by atoms with van der Waals surface area (Å²) in [4.78, 5) is 10.6. The second-order valence-electron chi connectivity index (χ2n) is 11.7. The van der Waals surface area contributed by atoms with Crippen LogP contribution in [0.15, 0.2) is 97.1 Å². The summed E-state index contributed by atoms with van der Waals surface area (Å²) in [6, 6.07) is 33.8. The average molecular weight is 553 g/mol. The SMILES string of the molecule is CC1(C)OB(c2ccc3sc4c(-c5ccccc5)nc(-n5c6ccccc6c6ccccc65)nc4c3c2)OC1(C)C. The molecule has 0 unspecified atom stereocenters. The van der Waals surface area contributed by atoms with Gasteiger partial charge in [0.15, 0.2) is 0 Å². The average Bonchev–Trinajstić information content (AvgIpc) is 3.59. The molecule has 0 aliphatic carbocycles. The fraction of sp³-hybridized carbons (Fsp3) is 0.176. The molecule has 1 aliphatic rings. The highest BCUT2D eigenvalue weighted by Gasteiger charge is 2.51. The van der Waals surface area contributed by atoms with Crippen LogP contribution in [0, 0.1) is 0 Å². The smallest absolute Gasteiger partial charge is 0.399 e. The monoisotopic (exact) mass is 553 g/mol. The zero-order valence-electron chi connectivity index (χ0n) is 23.4. The van der Waals surface area contributed by atoms with Crippen molar-refractivity contribution in [2.24, 2.45) is 0 Å². The number of para-hydroxylation sites is 2. The first-order valence-corrected chi connectivity index (χ1v) is 14.8. The molecule has 0 N–H and O–H groups in total. The number of rotatable bonds is 3. The van der Waals surface area contributed by atoms with Crippen LogP contribution < -0.4 is 5.46 Å². The molecule has 0 amide bonds. The van der Waals surface area contributed by atoms with E-state index in [9.17, 15) is 0 Å². The molecule has 41 heavy (non-hydrogen) atoms. The van der Waals surface area contributed by atoms with Gasteiger partial charge in [0.05, 0.1) is 38.1 Å². The molecule has 0 atom stereocenters.